The monoisotopic (exact) mass is 286 g/mol. The predicted molar refractivity (Wildman–Crippen MR) is 64.9 cm³/mol. The van der Waals surface area contributed by atoms with Crippen LogP contribution in [0.1, 0.15) is 16.3 Å². The molecule has 0 fully saturated rings. The first kappa shape index (κ1) is 14.2. The summed E-state index contributed by atoms with van der Waals surface area (Å²) in [5, 5.41) is 0. The van der Waals surface area contributed by atoms with Crippen LogP contribution in [-0.2, 0) is 13.1 Å². The minimum atomic E-state index is -4.37. The summed E-state index contributed by atoms with van der Waals surface area (Å²) >= 11 is 0. The number of imidazole rings is 1. The van der Waals surface area contributed by atoms with E-state index in [-0.39, 0.29) is 12.2 Å². The molecule has 5 nitrogen and oxygen atoms in total. The number of H-pyrrole nitrogens is 1. The molecular weight excluding hydrogens is 273 g/mol. The van der Waals surface area contributed by atoms with Crippen molar-refractivity contribution in [3.05, 3.63) is 42.2 Å². The van der Waals surface area contributed by atoms with Gasteiger partial charge in [0.1, 0.15) is 18.1 Å². The zero-order valence-corrected chi connectivity index (χ0v) is 10.7. The van der Waals surface area contributed by atoms with E-state index in [1.165, 1.54) is 30.3 Å². The molecule has 0 saturated carbocycles. The van der Waals surface area contributed by atoms with Crippen molar-refractivity contribution in [1.29, 1.82) is 0 Å². The van der Waals surface area contributed by atoms with Gasteiger partial charge in [-0.05, 0) is 12.1 Å². The molecule has 0 aliphatic heterocycles. The first-order chi connectivity index (χ1) is 9.37. The highest BCUT2D eigenvalue weighted by Crippen LogP contribution is 2.19. The maximum atomic E-state index is 12.4. The maximum absolute atomic E-state index is 12.4. The average Bonchev–Trinajstić information content (AvgIpc) is 2.97. The number of rotatable bonds is 4. The number of amides is 1. The normalized spacial score (nSPS) is 11.6. The summed E-state index contributed by atoms with van der Waals surface area (Å²) in [5.41, 5.74) is -0.00335. The number of aromatic nitrogens is 3. The number of halogens is 3. The number of aromatic amines is 1. The number of carbonyl (C=O) groups is 1. The van der Waals surface area contributed by atoms with E-state index in [1.807, 2.05) is 0 Å². The van der Waals surface area contributed by atoms with Gasteiger partial charge in [-0.25, -0.2) is 4.98 Å². The van der Waals surface area contributed by atoms with E-state index in [2.05, 4.69) is 9.97 Å². The number of carbonyl (C=O) groups excluding carboxylic acids is 1. The first-order valence-electron chi connectivity index (χ1n) is 5.82. The van der Waals surface area contributed by atoms with Crippen LogP contribution in [0.4, 0.5) is 13.2 Å². The van der Waals surface area contributed by atoms with Crippen LogP contribution < -0.4 is 0 Å². The average molecular weight is 286 g/mol. The highest BCUT2D eigenvalue weighted by Gasteiger charge is 2.30. The van der Waals surface area contributed by atoms with Crippen molar-refractivity contribution in [2.75, 3.05) is 7.05 Å². The summed E-state index contributed by atoms with van der Waals surface area (Å²) in [5.74, 6) is 0.0745. The summed E-state index contributed by atoms with van der Waals surface area (Å²) in [4.78, 5) is 20.2. The van der Waals surface area contributed by atoms with Crippen LogP contribution >= 0.6 is 0 Å². The minimum absolute atomic E-state index is 0.00335. The summed E-state index contributed by atoms with van der Waals surface area (Å²) in [6.45, 7) is -0.987. The van der Waals surface area contributed by atoms with E-state index >= 15 is 0 Å². The Morgan fingerprint density at radius 1 is 1.50 bits per heavy atom. The smallest absolute Gasteiger partial charge is 0.347 e. The fourth-order valence-electron chi connectivity index (χ4n) is 1.82. The molecule has 0 bridgehead atoms. The van der Waals surface area contributed by atoms with Gasteiger partial charge in [0.2, 0.25) is 0 Å². The second-order valence-electron chi connectivity index (χ2n) is 4.33. The molecule has 0 unspecified atom stereocenters. The number of hydrogen-bond acceptors (Lipinski definition) is 2. The third kappa shape index (κ3) is 3.40. The number of nitrogens with zero attached hydrogens (tertiary/aromatic N) is 3. The molecule has 0 radical (unpaired) electrons. The molecule has 2 heterocycles. The van der Waals surface area contributed by atoms with Crippen LogP contribution in [0.15, 0.2) is 30.7 Å². The van der Waals surface area contributed by atoms with Crippen LogP contribution in [0.25, 0.3) is 0 Å². The fraction of sp³-hybridized carbons (Fsp3) is 0.333. The lowest BCUT2D eigenvalue weighted by atomic mass is 10.3. The molecule has 0 saturated heterocycles. The van der Waals surface area contributed by atoms with Crippen molar-refractivity contribution in [2.45, 2.75) is 19.3 Å². The zero-order chi connectivity index (χ0) is 14.8. The predicted octanol–water partition coefficient (Wildman–Crippen LogP) is 2.05. The summed E-state index contributed by atoms with van der Waals surface area (Å²) in [7, 11) is 1.51. The van der Waals surface area contributed by atoms with Gasteiger partial charge in [-0.15, -0.1) is 0 Å². The lowest BCUT2D eigenvalue weighted by Gasteiger charge is -2.18. The lowest BCUT2D eigenvalue weighted by molar-refractivity contribution is -0.140. The molecule has 0 aliphatic rings. The molecule has 0 aliphatic carbocycles. The van der Waals surface area contributed by atoms with Crippen LogP contribution in [-0.4, -0.2) is 38.6 Å². The van der Waals surface area contributed by atoms with Gasteiger partial charge in [0.25, 0.3) is 5.91 Å². The molecule has 8 heteroatoms. The Balaban J connectivity index is 2.11. The molecule has 0 aromatic carbocycles. The minimum Gasteiger partial charge on any atom is -0.347 e. The highest BCUT2D eigenvalue weighted by molar-refractivity contribution is 5.92. The van der Waals surface area contributed by atoms with Gasteiger partial charge in [-0.3, -0.25) is 4.79 Å². The molecule has 2 aromatic heterocycles. The first-order valence-corrected chi connectivity index (χ1v) is 5.82. The quantitative estimate of drug-likeness (QED) is 0.935. The van der Waals surface area contributed by atoms with E-state index < -0.39 is 18.6 Å². The molecule has 0 spiro atoms. The summed E-state index contributed by atoms with van der Waals surface area (Å²) in [6.07, 6.45) is 0.0229. The summed E-state index contributed by atoms with van der Waals surface area (Å²) in [6, 6.07) is 2.78. The SMILES string of the molecule is CN(Cc1ncc[nH]1)C(=O)c1cccn1CC(F)(F)F. The van der Waals surface area contributed by atoms with Crippen molar-refractivity contribution >= 4 is 5.91 Å². The Morgan fingerprint density at radius 3 is 2.85 bits per heavy atom. The number of nitrogens with one attached hydrogen (secondary N) is 1. The van der Waals surface area contributed by atoms with Gasteiger partial charge in [0.05, 0.1) is 6.54 Å². The Kier molecular flexibility index (Phi) is 3.82. The van der Waals surface area contributed by atoms with E-state index in [9.17, 15) is 18.0 Å². The van der Waals surface area contributed by atoms with Crippen molar-refractivity contribution in [3.8, 4) is 0 Å². The molecule has 2 aromatic rings. The Bertz CT molecular complexity index is 574. The van der Waals surface area contributed by atoms with Crippen LogP contribution in [0, 0.1) is 0 Å². The van der Waals surface area contributed by atoms with Crippen LogP contribution in [0.5, 0.6) is 0 Å². The molecule has 1 amide bonds. The second-order valence-corrected chi connectivity index (χ2v) is 4.33. The van der Waals surface area contributed by atoms with Crippen LogP contribution in [0.3, 0.4) is 0 Å². The molecule has 20 heavy (non-hydrogen) atoms. The van der Waals surface area contributed by atoms with Gasteiger partial charge in [0, 0.05) is 25.6 Å². The molecule has 108 valence electrons. The van der Waals surface area contributed by atoms with E-state index in [4.69, 9.17) is 0 Å². The molecule has 1 N–H and O–H groups in total. The van der Waals surface area contributed by atoms with Gasteiger partial charge >= 0.3 is 6.18 Å². The van der Waals surface area contributed by atoms with E-state index in [0.29, 0.717) is 5.82 Å². The van der Waals surface area contributed by atoms with Gasteiger partial charge in [-0.2, -0.15) is 13.2 Å². The molecular formula is C12H13F3N4O. The third-order valence-electron chi connectivity index (χ3n) is 2.69. The number of hydrogen-bond donors (Lipinski definition) is 1. The highest BCUT2D eigenvalue weighted by atomic mass is 19.4. The van der Waals surface area contributed by atoms with Crippen molar-refractivity contribution in [1.82, 2.24) is 19.4 Å². The largest absolute Gasteiger partial charge is 0.406 e. The Labute approximate surface area is 113 Å². The number of alkyl halides is 3. The second kappa shape index (κ2) is 5.40. The Hall–Kier alpha value is -2.25. The Morgan fingerprint density at radius 2 is 2.25 bits per heavy atom. The lowest BCUT2D eigenvalue weighted by Crippen LogP contribution is -2.30. The summed E-state index contributed by atoms with van der Waals surface area (Å²) < 4.78 is 38.1. The van der Waals surface area contributed by atoms with E-state index in [0.717, 1.165) is 4.57 Å². The van der Waals surface area contributed by atoms with Gasteiger partial charge in [0.15, 0.2) is 0 Å². The van der Waals surface area contributed by atoms with E-state index in [1.54, 1.807) is 12.4 Å². The van der Waals surface area contributed by atoms with Gasteiger partial charge in [-0.1, -0.05) is 0 Å². The third-order valence-corrected chi connectivity index (χ3v) is 2.69. The standard InChI is InChI=1S/C12H13F3N4O/c1-18(7-10-16-4-5-17-10)11(20)9-3-2-6-19(9)8-12(13,14)15/h2-6H,7-8H2,1H3,(H,16,17). The van der Waals surface area contributed by atoms with Crippen molar-refractivity contribution in [3.63, 3.8) is 0 Å². The van der Waals surface area contributed by atoms with Crippen molar-refractivity contribution < 1.29 is 18.0 Å². The fourth-order valence-corrected chi connectivity index (χ4v) is 1.82. The zero-order valence-electron chi connectivity index (χ0n) is 10.7. The topological polar surface area (TPSA) is 53.9 Å². The molecule has 2 rings (SSSR count). The molecule has 0 atom stereocenters. The van der Waals surface area contributed by atoms with Gasteiger partial charge < -0.3 is 14.5 Å². The maximum Gasteiger partial charge on any atom is 0.406 e. The van der Waals surface area contributed by atoms with Crippen LogP contribution in [0.2, 0.25) is 0 Å². The van der Waals surface area contributed by atoms with Crippen molar-refractivity contribution in [2.24, 2.45) is 0 Å².